The molecule has 0 saturated carbocycles. The summed E-state index contributed by atoms with van der Waals surface area (Å²) in [7, 11) is 0. The molecule has 0 aliphatic rings. The van der Waals surface area contributed by atoms with E-state index in [4.69, 9.17) is 9.47 Å². The van der Waals surface area contributed by atoms with Gasteiger partial charge in [-0.3, -0.25) is 0 Å². The predicted molar refractivity (Wildman–Crippen MR) is 143 cm³/mol. The van der Waals surface area contributed by atoms with Crippen LogP contribution in [-0.4, -0.2) is 24.1 Å². The highest BCUT2D eigenvalue weighted by atomic mass is 16.6. The molecule has 0 fully saturated rings. The molecule has 4 nitrogen and oxygen atoms in total. The minimum atomic E-state index is -0.357. The Bertz CT molecular complexity index is 796. The number of hydrogen-bond donors (Lipinski definition) is 0. The van der Waals surface area contributed by atoms with Gasteiger partial charge in [-0.15, -0.1) is 0 Å². The third kappa shape index (κ3) is 11.1. The van der Waals surface area contributed by atoms with Gasteiger partial charge in [0.05, 0.1) is 11.1 Å². The molecule has 2 atom stereocenters. The molecule has 192 valence electrons. The van der Waals surface area contributed by atoms with Crippen molar-refractivity contribution in [3.63, 3.8) is 0 Å². The van der Waals surface area contributed by atoms with Crippen LogP contribution in [0.2, 0.25) is 0 Å². The Balaban J connectivity index is 1.74. The maximum absolute atomic E-state index is 12.5. The highest BCUT2D eigenvalue weighted by Gasteiger charge is 2.18. The zero-order valence-electron chi connectivity index (χ0n) is 22.2. The van der Waals surface area contributed by atoms with Crippen molar-refractivity contribution in [1.29, 1.82) is 0 Å². The largest absolute Gasteiger partial charge is 0.459 e. The Labute approximate surface area is 212 Å². The molecule has 2 rings (SSSR count). The number of carbonyl (C=O) groups is 2. The number of ether oxygens (including phenoxy) is 2. The number of esters is 2. The van der Waals surface area contributed by atoms with Crippen LogP contribution >= 0.6 is 0 Å². The second-order valence-electron chi connectivity index (χ2n) is 9.68. The molecule has 0 aliphatic heterocycles. The number of carbonyl (C=O) groups excluding carboxylic acids is 2. The summed E-state index contributed by atoms with van der Waals surface area (Å²) in [5.41, 5.74) is 3.59. The van der Waals surface area contributed by atoms with Crippen molar-refractivity contribution in [2.75, 3.05) is 0 Å². The van der Waals surface area contributed by atoms with Crippen molar-refractivity contribution in [1.82, 2.24) is 0 Å². The van der Waals surface area contributed by atoms with Crippen LogP contribution in [0.5, 0.6) is 0 Å². The van der Waals surface area contributed by atoms with E-state index in [0.717, 1.165) is 12.8 Å². The number of aryl methyl sites for hydroxylation is 2. The molecule has 2 unspecified atom stereocenters. The Morgan fingerprint density at radius 2 is 0.971 bits per heavy atom. The molecule has 0 saturated heterocycles. The standard InChI is InChI=1S/C31H44O4/c1-5-7-9-11-13-26-15-19-28(20-16-26)30(32)34-24(3)23-25(4)35-31(33)29-21-17-27(18-22-29)14-12-10-8-6-2/h15-22,24-25H,5-14,23H2,1-4H3. The molecule has 0 aromatic heterocycles. The van der Waals surface area contributed by atoms with Crippen LogP contribution in [0.3, 0.4) is 0 Å². The van der Waals surface area contributed by atoms with Crippen LogP contribution in [0.4, 0.5) is 0 Å². The summed E-state index contributed by atoms with van der Waals surface area (Å²) in [5, 5.41) is 0. The predicted octanol–water partition coefficient (Wildman–Crippen LogP) is 8.11. The lowest BCUT2D eigenvalue weighted by Gasteiger charge is -2.19. The topological polar surface area (TPSA) is 52.6 Å². The molecular weight excluding hydrogens is 436 g/mol. The molecule has 2 aromatic rings. The summed E-state index contributed by atoms with van der Waals surface area (Å²) >= 11 is 0. The highest BCUT2D eigenvalue weighted by molar-refractivity contribution is 5.90. The van der Waals surface area contributed by atoms with Crippen LogP contribution in [0.25, 0.3) is 0 Å². The number of rotatable bonds is 16. The summed E-state index contributed by atoms with van der Waals surface area (Å²) in [6.07, 6.45) is 11.6. The minimum Gasteiger partial charge on any atom is -0.459 e. The van der Waals surface area contributed by atoms with E-state index in [9.17, 15) is 9.59 Å². The average Bonchev–Trinajstić information content (AvgIpc) is 2.85. The SMILES string of the molecule is CCCCCCc1ccc(C(=O)OC(C)CC(C)OC(=O)c2ccc(CCCCCC)cc2)cc1. The van der Waals surface area contributed by atoms with E-state index in [1.165, 1.54) is 62.5 Å². The fourth-order valence-electron chi connectivity index (χ4n) is 4.19. The third-order valence-electron chi connectivity index (χ3n) is 6.30. The van der Waals surface area contributed by atoms with Gasteiger partial charge in [-0.2, -0.15) is 0 Å². The van der Waals surface area contributed by atoms with Gasteiger partial charge in [-0.25, -0.2) is 9.59 Å². The van der Waals surface area contributed by atoms with Crippen LogP contribution < -0.4 is 0 Å². The molecule has 4 heteroatoms. The lowest BCUT2D eigenvalue weighted by molar-refractivity contribution is 0.00764. The second-order valence-corrected chi connectivity index (χ2v) is 9.68. The van der Waals surface area contributed by atoms with Gasteiger partial charge in [0, 0.05) is 6.42 Å². The van der Waals surface area contributed by atoms with E-state index >= 15 is 0 Å². The minimum absolute atomic E-state index is 0.344. The molecular formula is C31H44O4. The Kier molecular flexibility index (Phi) is 13.2. The fraction of sp³-hybridized carbons (Fsp3) is 0.548. The Hall–Kier alpha value is -2.62. The molecule has 0 N–H and O–H groups in total. The van der Waals surface area contributed by atoms with E-state index in [1.54, 1.807) is 0 Å². The van der Waals surface area contributed by atoms with Crippen LogP contribution in [-0.2, 0) is 22.3 Å². The van der Waals surface area contributed by atoms with Crippen molar-refractivity contribution in [2.24, 2.45) is 0 Å². The molecule has 0 aliphatic carbocycles. The van der Waals surface area contributed by atoms with E-state index in [0.29, 0.717) is 17.5 Å². The van der Waals surface area contributed by atoms with Crippen LogP contribution in [0.15, 0.2) is 48.5 Å². The fourth-order valence-corrected chi connectivity index (χ4v) is 4.19. The van der Waals surface area contributed by atoms with E-state index in [-0.39, 0.29) is 24.1 Å². The number of hydrogen-bond acceptors (Lipinski definition) is 4. The van der Waals surface area contributed by atoms with Crippen molar-refractivity contribution >= 4 is 11.9 Å². The first-order valence-electron chi connectivity index (χ1n) is 13.5. The zero-order valence-corrected chi connectivity index (χ0v) is 22.2. The van der Waals surface area contributed by atoms with Gasteiger partial charge in [0.1, 0.15) is 12.2 Å². The molecule has 0 bridgehead atoms. The van der Waals surface area contributed by atoms with Crippen LogP contribution in [0, 0.1) is 0 Å². The van der Waals surface area contributed by atoms with E-state index in [1.807, 2.05) is 62.4 Å². The van der Waals surface area contributed by atoms with Crippen LogP contribution in [0.1, 0.15) is 117 Å². The van der Waals surface area contributed by atoms with Gasteiger partial charge in [0.2, 0.25) is 0 Å². The maximum Gasteiger partial charge on any atom is 0.338 e. The van der Waals surface area contributed by atoms with Gasteiger partial charge in [-0.1, -0.05) is 76.6 Å². The quantitative estimate of drug-likeness (QED) is 0.180. The normalized spacial score (nSPS) is 12.7. The lowest BCUT2D eigenvalue weighted by atomic mass is 10.0. The van der Waals surface area contributed by atoms with Gasteiger partial charge < -0.3 is 9.47 Å². The molecule has 0 radical (unpaired) electrons. The van der Waals surface area contributed by atoms with Gasteiger partial charge in [0.15, 0.2) is 0 Å². The summed E-state index contributed by atoms with van der Waals surface area (Å²) in [6.45, 7) is 8.08. The summed E-state index contributed by atoms with van der Waals surface area (Å²) in [4.78, 5) is 25.0. The summed E-state index contributed by atoms with van der Waals surface area (Å²) in [6, 6.07) is 15.4. The highest BCUT2D eigenvalue weighted by Crippen LogP contribution is 2.15. The molecule has 0 amide bonds. The van der Waals surface area contributed by atoms with Crippen molar-refractivity contribution in [2.45, 2.75) is 111 Å². The molecule has 0 heterocycles. The molecule has 0 spiro atoms. The van der Waals surface area contributed by atoms with Crippen molar-refractivity contribution < 1.29 is 19.1 Å². The number of unbranched alkanes of at least 4 members (excludes halogenated alkanes) is 6. The van der Waals surface area contributed by atoms with E-state index in [2.05, 4.69) is 13.8 Å². The van der Waals surface area contributed by atoms with Gasteiger partial charge >= 0.3 is 11.9 Å². The first-order valence-corrected chi connectivity index (χ1v) is 13.5. The maximum atomic E-state index is 12.5. The Morgan fingerprint density at radius 1 is 0.600 bits per heavy atom. The van der Waals surface area contributed by atoms with Crippen molar-refractivity contribution in [3.8, 4) is 0 Å². The van der Waals surface area contributed by atoms with Crippen molar-refractivity contribution in [3.05, 3.63) is 70.8 Å². The number of benzene rings is 2. The zero-order chi connectivity index (χ0) is 25.5. The second kappa shape index (κ2) is 16.1. The first kappa shape index (κ1) is 28.6. The lowest BCUT2D eigenvalue weighted by Crippen LogP contribution is -2.23. The third-order valence-corrected chi connectivity index (χ3v) is 6.30. The summed E-state index contributed by atoms with van der Waals surface area (Å²) in [5.74, 6) is -0.689. The Morgan fingerprint density at radius 3 is 1.31 bits per heavy atom. The molecule has 35 heavy (non-hydrogen) atoms. The average molecular weight is 481 g/mol. The first-order chi connectivity index (χ1) is 16.9. The monoisotopic (exact) mass is 480 g/mol. The summed E-state index contributed by atoms with van der Waals surface area (Å²) < 4.78 is 11.2. The van der Waals surface area contributed by atoms with E-state index < -0.39 is 0 Å². The molecule has 2 aromatic carbocycles. The smallest absolute Gasteiger partial charge is 0.338 e. The van der Waals surface area contributed by atoms with Gasteiger partial charge in [-0.05, 0) is 74.9 Å². The van der Waals surface area contributed by atoms with Gasteiger partial charge in [0.25, 0.3) is 0 Å².